The van der Waals surface area contributed by atoms with Crippen molar-refractivity contribution in [2.75, 3.05) is 0 Å². The topological polar surface area (TPSA) is 72.2 Å². The van der Waals surface area contributed by atoms with Crippen LogP contribution >= 0.6 is 15.9 Å². The number of rotatable bonds is 6. The number of primary amides is 1. The fraction of sp³-hybridized carbons (Fsp3) is 0.333. The summed E-state index contributed by atoms with van der Waals surface area (Å²) in [5.74, 6) is 1.21. The Morgan fingerprint density at radius 1 is 1.40 bits per heavy atom. The van der Waals surface area contributed by atoms with Crippen LogP contribution in [0, 0.1) is 18.3 Å². The lowest BCUT2D eigenvalue weighted by Gasteiger charge is -2.17. The third-order valence-electron chi connectivity index (χ3n) is 2.88. The first-order valence-corrected chi connectivity index (χ1v) is 7.01. The Labute approximate surface area is 127 Å². The molecule has 106 valence electrons. The molecule has 1 aromatic rings. The highest BCUT2D eigenvalue weighted by Gasteiger charge is 2.20. The van der Waals surface area contributed by atoms with E-state index in [1.165, 1.54) is 0 Å². The Morgan fingerprint density at radius 3 is 2.50 bits per heavy atom. The molecule has 0 heterocycles. The highest BCUT2D eigenvalue weighted by atomic mass is 79.9. The fourth-order valence-corrected chi connectivity index (χ4v) is 1.99. The maximum absolute atomic E-state index is 12.0. The first-order valence-electron chi connectivity index (χ1n) is 6.21. The second-order valence-electron chi connectivity index (χ2n) is 4.60. The lowest BCUT2D eigenvalue weighted by molar-refractivity contribution is -0.129. The molecule has 20 heavy (non-hydrogen) atoms. The highest BCUT2D eigenvalue weighted by molar-refractivity contribution is 9.10. The largest absolute Gasteiger partial charge is 0.368 e. The van der Waals surface area contributed by atoms with E-state index in [-0.39, 0.29) is 18.2 Å². The maximum Gasteiger partial charge on any atom is 0.240 e. The van der Waals surface area contributed by atoms with E-state index in [0.717, 1.165) is 10.0 Å². The number of amides is 2. The van der Waals surface area contributed by atoms with Crippen molar-refractivity contribution in [2.24, 2.45) is 11.7 Å². The van der Waals surface area contributed by atoms with Crippen LogP contribution in [0.15, 0.2) is 28.7 Å². The van der Waals surface area contributed by atoms with Gasteiger partial charge in [-0.25, -0.2) is 0 Å². The summed E-state index contributed by atoms with van der Waals surface area (Å²) in [5.41, 5.74) is 6.23. The van der Waals surface area contributed by atoms with Crippen molar-refractivity contribution in [3.8, 4) is 12.3 Å². The monoisotopic (exact) mass is 336 g/mol. The number of carbonyl (C=O) groups excluding carboxylic acids is 2. The van der Waals surface area contributed by atoms with Gasteiger partial charge in [0.2, 0.25) is 11.8 Å². The summed E-state index contributed by atoms with van der Waals surface area (Å²) in [7, 11) is 0. The van der Waals surface area contributed by atoms with Gasteiger partial charge >= 0.3 is 0 Å². The first-order chi connectivity index (χ1) is 9.43. The molecule has 3 N–H and O–H groups in total. The van der Waals surface area contributed by atoms with Crippen molar-refractivity contribution in [3.63, 3.8) is 0 Å². The molecule has 2 atom stereocenters. The number of hydrogen-bond donors (Lipinski definition) is 2. The summed E-state index contributed by atoms with van der Waals surface area (Å²) >= 11 is 3.36. The molecule has 0 aliphatic heterocycles. The molecule has 0 bridgehead atoms. The molecule has 5 heteroatoms. The molecule has 0 spiro atoms. The van der Waals surface area contributed by atoms with Crippen molar-refractivity contribution in [1.82, 2.24) is 5.32 Å². The van der Waals surface area contributed by atoms with E-state index in [4.69, 9.17) is 12.2 Å². The number of halogens is 1. The van der Waals surface area contributed by atoms with Gasteiger partial charge < -0.3 is 11.1 Å². The van der Waals surface area contributed by atoms with E-state index in [1.807, 2.05) is 24.3 Å². The molecular weight excluding hydrogens is 320 g/mol. The van der Waals surface area contributed by atoms with Crippen LogP contribution in [-0.2, 0) is 16.0 Å². The molecule has 0 saturated heterocycles. The van der Waals surface area contributed by atoms with Gasteiger partial charge in [-0.05, 0) is 24.1 Å². The molecule has 2 amide bonds. The quantitative estimate of drug-likeness (QED) is 0.775. The second kappa shape index (κ2) is 7.71. The minimum atomic E-state index is -0.806. The standard InChI is InChI=1S/C15H17BrN2O2/c1-3-4-13(14(17)19)18-15(20)10(2)9-11-5-7-12(16)8-6-11/h1,5-8,10,13H,4,9H2,2H3,(H2,17,19)(H,18,20). The zero-order valence-electron chi connectivity index (χ0n) is 11.2. The van der Waals surface area contributed by atoms with E-state index in [9.17, 15) is 9.59 Å². The van der Waals surface area contributed by atoms with Gasteiger partial charge in [-0.15, -0.1) is 12.3 Å². The summed E-state index contributed by atoms with van der Waals surface area (Å²) in [4.78, 5) is 23.2. The average molecular weight is 337 g/mol. The molecule has 2 unspecified atom stereocenters. The van der Waals surface area contributed by atoms with E-state index in [2.05, 4.69) is 27.2 Å². The Hall–Kier alpha value is -1.80. The predicted molar refractivity (Wildman–Crippen MR) is 81.6 cm³/mol. The van der Waals surface area contributed by atoms with Crippen LogP contribution in [0.2, 0.25) is 0 Å². The number of terminal acetylenes is 1. The van der Waals surface area contributed by atoms with Gasteiger partial charge in [-0.1, -0.05) is 35.0 Å². The summed E-state index contributed by atoms with van der Waals surface area (Å²) in [6.07, 6.45) is 5.83. The summed E-state index contributed by atoms with van der Waals surface area (Å²) < 4.78 is 0.987. The molecule has 0 aliphatic rings. The fourth-order valence-electron chi connectivity index (χ4n) is 1.72. The Balaban J connectivity index is 2.60. The van der Waals surface area contributed by atoms with E-state index < -0.39 is 11.9 Å². The Bertz CT molecular complexity index is 520. The predicted octanol–water partition coefficient (Wildman–Crippen LogP) is 1.62. The Morgan fingerprint density at radius 2 is 2.00 bits per heavy atom. The second-order valence-corrected chi connectivity index (χ2v) is 5.52. The van der Waals surface area contributed by atoms with Gasteiger partial charge in [0.1, 0.15) is 6.04 Å². The highest BCUT2D eigenvalue weighted by Crippen LogP contribution is 2.14. The van der Waals surface area contributed by atoms with E-state index in [1.54, 1.807) is 6.92 Å². The molecular formula is C15H17BrN2O2. The van der Waals surface area contributed by atoms with Crippen LogP contribution in [0.3, 0.4) is 0 Å². The molecule has 1 aromatic carbocycles. The van der Waals surface area contributed by atoms with Crippen molar-refractivity contribution >= 4 is 27.7 Å². The average Bonchev–Trinajstić information content (AvgIpc) is 2.40. The van der Waals surface area contributed by atoms with Crippen molar-refractivity contribution in [1.29, 1.82) is 0 Å². The minimum absolute atomic E-state index is 0.103. The van der Waals surface area contributed by atoms with Gasteiger partial charge in [-0.2, -0.15) is 0 Å². The molecule has 1 rings (SSSR count). The van der Waals surface area contributed by atoms with E-state index in [0.29, 0.717) is 6.42 Å². The van der Waals surface area contributed by atoms with E-state index >= 15 is 0 Å². The van der Waals surface area contributed by atoms with Gasteiger partial charge in [-0.3, -0.25) is 9.59 Å². The third-order valence-corrected chi connectivity index (χ3v) is 3.41. The van der Waals surface area contributed by atoms with Crippen molar-refractivity contribution in [2.45, 2.75) is 25.8 Å². The lowest BCUT2D eigenvalue weighted by Crippen LogP contribution is -2.46. The van der Waals surface area contributed by atoms with Gasteiger partial charge in [0.15, 0.2) is 0 Å². The molecule has 0 aromatic heterocycles. The third kappa shape index (κ3) is 5.06. The van der Waals surface area contributed by atoms with Crippen LogP contribution in [0.5, 0.6) is 0 Å². The van der Waals surface area contributed by atoms with Crippen LogP contribution in [0.25, 0.3) is 0 Å². The first kappa shape index (κ1) is 16.3. The number of benzene rings is 1. The molecule has 0 saturated carbocycles. The maximum atomic E-state index is 12.0. The number of hydrogen-bond acceptors (Lipinski definition) is 2. The van der Waals surface area contributed by atoms with Crippen LogP contribution in [0.4, 0.5) is 0 Å². The normalized spacial score (nSPS) is 13.1. The van der Waals surface area contributed by atoms with Crippen LogP contribution < -0.4 is 11.1 Å². The van der Waals surface area contributed by atoms with Gasteiger partial charge in [0, 0.05) is 16.8 Å². The van der Waals surface area contributed by atoms with Crippen LogP contribution in [0.1, 0.15) is 18.9 Å². The minimum Gasteiger partial charge on any atom is -0.368 e. The van der Waals surface area contributed by atoms with Gasteiger partial charge in [0.05, 0.1) is 0 Å². The molecule has 0 radical (unpaired) electrons. The molecule has 0 fully saturated rings. The summed E-state index contributed by atoms with van der Waals surface area (Å²) in [5, 5.41) is 2.58. The summed E-state index contributed by atoms with van der Waals surface area (Å²) in [6, 6.07) is 6.93. The molecule has 0 aliphatic carbocycles. The van der Waals surface area contributed by atoms with Gasteiger partial charge in [0.25, 0.3) is 0 Å². The SMILES string of the molecule is C#CCC(NC(=O)C(C)Cc1ccc(Br)cc1)C(N)=O. The number of nitrogens with one attached hydrogen (secondary N) is 1. The van der Waals surface area contributed by atoms with Crippen molar-refractivity contribution < 1.29 is 9.59 Å². The van der Waals surface area contributed by atoms with Crippen LogP contribution in [-0.4, -0.2) is 17.9 Å². The number of carbonyl (C=O) groups is 2. The van der Waals surface area contributed by atoms with Crippen molar-refractivity contribution in [3.05, 3.63) is 34.3 Å². The Kier molecular flexibility index (Phi) is 6.26. The summed E-state index contributed by atoms with van der Waals surface area (Å²) in [6.45, 7) is 1.80. The number of nitrogens with two attached hydrogens (primary N) is 1. The zero-order chi connectivity index (χ0) is 15.1. The molecule has 4 nitrogen and oxygen atoms in total. The zero-order valence-corrected chi connectivity index (χ0v) is 12.8. The smallest absolute Gasteiger partial charge is 0.240 e. The lowest BCUT2D eigenvalue weighted by atomic mass is 10.00.